The molecular weight excluding hydrogens is 640 g/mol. The van der Waals surface area contributed by atoms with Gasteiger partial charge in [-0.3, -0.25) is 4.55 Å². The van der Waals surface area contributed by atoms with Gasteiger partial charge in [0.05, 0.1) is 27.7 Å². The van der Waals surface area contributed by atoms with E-state index in [9.17, 15) is 13.0 Å². The van der Waals surface area contributed by atoms with E-state index in [0.717, 1.165) is 56.0 Å². The number of aromatic nitrogens is 4. The normalized spacial score (nSPS) is 9.50. The SMILES string of the molecule is O.O.O.O.O.O.O.O.O.O.O.O.O=S(=O)(O)c1ccc(-c2cc3cc4nc(cc5ccc(cc6nc(cc2[nH]3)C=C6)[nH]5)C=C4)cc1. The average Bonchev–Trinajstić information content (AvgIpc) is 3.58. The molecule has 0 aliphatic carbocycles. The minimum atomic E-state index is -4.26. The van der Waals surface area contributed by atoms with Crippen molar-refractivity contribution in [2.24, 2.45) is 0 Å². The summed E-state index contributed by atoms with van der Waals surface area (Å²) in [5.41, 5.74) is 8.52. The van der Waals surface area contributed by atoms with Crippen molar-refractivity contribution in [3.05, 3.63) is 89.5 Å². The number of fused-ring (bicyclic) bond motifs is 8. The van der Waals surface area contributed by atoms with Crippen LogP contribution in [0.4, 0.5) is 0 Å². The molecule has 19 nitrogen and oxygen atoms in total. The molecule has 27 N–H and O–H groups in total. The van der Waals surface area contributed by atoms with E-state index in [4.69, 9.17) is 4.98 Å². The zero-order chi connectivity index (χ0) is 23.3. The molecule has 3 aromatic heterocycles. The molecular formula is C26H42N4O15S. The zero-order valence-corrected chi connectivity index (χ0v) is 24.5. The third-order valence-electron chi connectivity index (χ3n) is 5.63. The van der Waals surface area contributed by atoms with Crippen molar-refractivity contribution in [3.63, 3.8) is 0 Å². The van der Waals surface area contributed by atoms with Crippen molar-refractivity contribution in [2.75, 3.05) is 0 Å². The number of hydrogen-bond donors (Lipinski definition) is 3. The number of aromatic amines is 2. The summed E-state index contributed by atoms with van der Waals surface area (Å²) in [6.45, 7) is 0. The highest BCUT2D eigenvalue weighted by Crippen LogP contribution is 2.28. The first kappa shape index (κ1) is 57.0. The van der Waals surface area contributed by atoms with Crippen molar-refractivity contribution in [3.8, 4) is 11.1 Å². The van der Waals surface area contributed by atoms with E-state index in [2.05, 4.69) is 15.0 Å². The van der Waals surface area contributed by atoms with Gasteiger partial charge in [-0.05, 0) is 84.5 Å². The lowest BCUT2D eigenvalue weighted by molar-refractivity contribution is 0.483. The van der Waals surface area contributed by atoms with E-state index < -0.39 is 10.1 Å². The molecule has 262 valence electrons. The van der Waals surface area contributed by atoms with E-state index in [1.165, 1.54) is 12.1 Å². The van der Waals surface area contributed by atoms with Crippen LogP contribution in [0.15, 0.2) is 71.6 Å². The number of nitrogens with zero attached hydrogens (tertiary/aromatic N) is 2. The molecule has 0 spiro atoms. The predicted molar refractivity (Wildman–Crippen MR) is 177 cm³/mol. The zero-order valence-electron chi connectivity index (χ0n) is 23.7. The molecule has 20 heteroatoms. The summed E-state index contributed by atoms with van der Waals surface area (Å²) in [7, 11) is -4.26. The molecule has 2 aliphatic heterocycles. The monoisotopic (exact) mass is 682 g/mol. The summed E-state index contributed by atoms with van der Waals surface area (Å²) in [5.74, 6) is 0. The second kappa shape index (κ2) is 21.9. The number of rotatable bonds is 2. The highest BCUT2D eigenvalue weighted by atomic mass is 32.2. The summed E-state index contributed by atoms with van der Waals surface area (Å²) in [6.07, 6.45) is 7.81. The van der Waals surface area contributed by atoms with Crippen LogP contribution in [-0.2, 0) is 10.1 Å². The minimum Gasteiger partial charge on any atom is -0.412 e. The first-order valence-corrected chi connectivity index (χ1v) is 12.0. The van der Waals surface area contributed by atoms with Gasteiger partial charge in [0, 0.05) is 27.6 Å². The maximum Gasteiger partial charge on any atom is 0.294 e. The Morgan fingerprint density at radius 3 is 1.28 bits per heavy atom. The molecule has 2 aliphatic rings. The molecule has 1 aromatic carbocycles. The van der Waals surface area contributed by atoms with Gasteiger partial charge in [0.25, 0.3) is 10.1 Å². The Labute approximate surface area is 260 Å². The molecule has 0 saturated carbocycles. The summed E-state index contributed by atoms with van der Waals surface area (Å²) in [4.78, 5) is 16.0. The summed E-state index contributed by atoms with van der Waals surface area (Å²) in [6, 6.07) is 20.0. The van der Waals surface area contributed by atoms with Crippen molar-refractivity contribution in [1.29, 1.82) is 0 Å². The van der Waals surface area contributed by atoms with Crippen LogP contribution in [-0.4, -0.2) is 98.6 Å². The molecule has 0 unspecified atom stereocenters. The molecule has 0 amide bonds. The van der Waals surface area contributed by atoms with E-state index in [1.807, 2.05) is 66.8 Å². The third-order valence-corrected chi connectivity index (χ3v) is 6.50. The van der Waals surface area contributed by atoms with Gasteiger partial charge in [-0.25, -0.2) is 9.97 Å². The highest BCUT2D eigenvalue weighted by Gasteiger charge is 2.11. The van der Waals surface area contributed by atoms with E-state index >= 15 is 0 Å². The maximum absolute atomic E-state index is 11.4. The first-order valence-electron chi connectivity index (χ1n) is 10.6. The van der Waals surface area contributed by atoms with E-state index in [-0.39, 0.29) is 70.6 Å². The van der Waals surface area contributed by atoms with Gasteiger partial charge >= 0.3 is 0 Å². The van der Waals surface area contributed by atoms with Crippen LogP contribution in [0.1, 0.15) is 22.8 Å². The Kier molecular flexibility index (Phi) is 27.1. The Morgan fingerprint density at radius 1 is 0.478 bits per heavy atom. The molecule has 46 heavy (non-hydrogen) atoms. The maximum atomic E-state index is 11.4. The van der Waals surface area contributed by atoms with Gasteiger partial charge in [0.1, 0.15) is 0 Å². The van der Waals surface area contributed by atoms with Crippen LogP contribution in [0.2, 0.25) is 0 Å². The van der Waals surface area contributed by atoms with Crippen molar-refractivity contribution >= 4 is 56.5 Å². The van der Waals surface area contributed by atoms with Gasteiger partial charge < -0.3 is 75.7 Å². The molecule has 0 radical (unpaired) electrons. The average molecular weight is 683 g/mol. The van der Waals surface area contributed by atoms with Crippen molar-refractivity contribution in [1.82, 2.24) is 19.9 Å². The molecule has 4 aromatic rings. The Morgan fingerprint density at radius 2 is 0.870 bits per heavy atom. The van der Waals surface area contributed by atoms with Gasteiger partial charge in [0.15, 0.2) is 0 Å². The van der Waals surface area contributed by atoms with Gasteiger partial charge in [-0.2, -0.15) is 8.42 Å². The molecule has 0 fully saturated rings. The summed E-state index contributed by atoms with van der Waals surface area (Å²) >= 11 is 0. The largest absolute Gasteiger partial charge is 0.412 e. The number of nitrogens with one attached hydrogen (secondary N) is 2. The highest BCUT2D eigenvalue weighted by molar-refractivity contribution is 7.85. The number of benzene rings is 1. The van der Waals surface area contributed by atoms with Gasteiger partial charge in [-0.1, -0.05) is 12.1 Å². The molecule has 0 saturated heterocycles. The number of hydrogen-bond acceptors (Lipinski definition) is 4. The fourth-order valence-corrected chi connectivity index (χ4v) is 4.54. The minimum absolute atomic E-state index is 0. The van der Waals surface area contributed by atoms with Crippen LogP contribution in [0.5, 0.6) is 0 Å². The third kappa shape index (κ3) is 11.6. The van der Waals surface area contributed by atoms with Crippen LogP contribution >= 0.6 is 0 Å². The smallest absolute Gasteiger partial charge is 0.294 e. The summed E-state index contributed by atoms with van der Waals surface area (Å²) in [5, 5.41) is 0. The van der Waals surface area contributed by atoms with Gasteiger partial charge in [-0.15, -0.1) is 0 Å². The fraction of sp³-hybridized carbons (Fsp3) is 0. The Balaban J connectivity index is -0.000000253. The first-order chi connectivity index (χ1) is 16.4. The van der Waals surface area contributed by atoms with E-state index in [0.29, 0.717) is 0 Å². The molecule has 8 bridgehead atoms. The summed E-state index contributed by atoms with van der Waals surface area (Å²) < 4.78 is 32.2. The molecule has 6 rings (SSSR count). The quantitative estimate of drug-likeness (QED) is 0.152. The lowest BCUT2D eigenvalue weighted by Crippen LogP contribution is -1.97. The fourth-order valence-electron chi connectivity index (χ4n) is 4.06. The predicted octanol–water partition coefficient (Wildman–Crippen LogP) is -4.33. The van der Waals surface area contributed by atoms with Crippen molar-refractivity contribution in [2.45, 2.75) is 4.90 Å². The van der Waals surface area contributed by atoms with Crippen LogP contribution in [0.3, 0.4) is 0 Å². The lowest BCUT2D eigenvalue weighted by atomic mass is 10.1. The topological polar surface area (TPSA) is 490 Å². The van der Waals surface area contributed by atoms with Gasteiger partial charge in [0.2, 0.25) is 0 Å². The van der Waals surface area contributed by atoms with Crippen LogP contribution in [0.25, 0.3) is 57.5 Å². The molecule has 5 heterocycles. The second-order valence-electron chi connectivity index (χ2n) is 8.09. The van der Waals surface area contributed by atoms with E-state index in [1.54, 1.807) is 12.1 Å². The van der Waals surface area contributed by atoms with Crippen molar-refractivity contribution < 1.29 is 78.7 Å². The van der Waals surface area contributed by atoms with Crippen LogP contribution < -0.4 is 0 Å². The Hall–Kier alpha value is -4.75. The Bertz CT molecular complexity index is 1800. The number of H-pyrrole nitrogens is 2. The second-order valence-corrected chi connectivity index (χ2v) is 9.51. The molecule has 0 atom stereocenters. The van der Waals surface area contributed by atoms with Crippen LogP contribution in [0, 0.1) is 0 Å². The lowest BCUT2D eigenvalue weighted by Gasteiger charge is -2.01. The standard InChI is InChI=1S/C26H18N4O3S.12H2O/c31-34(32,33)24-9-1-16(2-10-24)25-14-23-13-21-6-5-19(28-21)11-17-3-4-18(27-17)12-20-7-8-22(29-20)15-26(25)30-23;;;;;;;;;;;;/h1-15,27,30H,(H,31,32,33);12*1H2.